The first-order chi connectivity index (χ1) is 10.8. The van der Waals surface area contributed by atoms with Crippen molar-refractivity contribution >= 4 is 17.7 Å². The molecular formula is C17H28N4S. The second-order valence-corrected chi connectivity index (χ2v) is 6.46. The van der Waals surface area contributed by atoms with Crippen LogP contribution >= 0.6 is 11.8 Å². The van der Waals surface area contributed by atoms with Gasteiger partial charge >= 0.3 is 0 Å². The van der Waals surface area contributed by atoms with Gasteiger partial charge in [0.05, 0.1) is 0 Å². The Bertz CT molecular complexity index is 472. The quantitative estimate of drug-likeness (QED) is 0.480. The molecule has 1 atom stereocenters. The van der Waals surface area contributed by atoms with E-state index in [9.17, 15) is 0 Å². The Hall–Kier alpha value is -1.20. The van der Waals surface area contributed by atoms with Gasteiger partial charge in [-0.25, -0.2) is 0 Å². The number of nitrogens with one attached hydrogen (secondary N) is 2. The third kappa shape index (κ3) is 4.92. The van der Waals surface area contributed by atoms with Crippen LogP contribution in [-0.2, 0) is 6.54 Å². The van der Waals surface area contributed by atoms with Gasteiger partial charge in [-0.15, -0.1) is 11.8 Å². The minimum atomic E-state index is 0.643. The summed E-state index contributed by atoms with van der Waals surface area (Å²) in [5, 5.41) is 6.86. The van der Waals surface area contributed by atoms with Crippen LogP contribution in [0.15, 0.2) is 34.2 Å². The average Bonchev–Trinajstić information content (AvgIpc) is 3.03. The molecule has 0 saturated carbocycles. The topological polar surface area (TPSA) is 39.7 Å². The summed E-state index contributed by atoms with van der Waals surface area (Å²) in [4.78, 5) is 8.16. The van der Waals surface area contributed by atoms with Crippen molar-refractivity contribution in [3.8, 4) is 0 Å². The highest BCUT2D eigenvalue weighted by atomic mass is 32.2. The number of rotatable bonds is 6. The minimum Gasteiger partial charge on any atom is -0.355 e. The maximum atomic E-state index is 4.32. The summed E-state index contributed by atoms with van der Waals surface area (Å²) in [6.45, 7) is 6.38. The number of likely N-dealkylation sites (N-methyl/N-ethyl adjacent to an activating group) is 1. The third-order valence-corrected chi connectivity index (χ3v) is 5.00. The molecule has 0 amide bonds. The maximum absolute atomic E-state index is 4.32. The van der Waals surface area contributed by atoms with Crippen molar-refractivity contribution in [3.63, 3.8) is 0 Å². The fraction of sp³-hybridized carbons (Fsp3) is 0.588. The Morgan fingerprint density at radius 3 is 2.73 bits per heavy atom. The summed E-state index contributed by atoms with van der Waals surface area (Å²) in [6, 6.07) is 9.30. The first-order valence-electron chi connectivity index (χ1n) is 8.08. The Balaban J connectivity index is 1.77. The zero-order valence-corrected chi connectivity index (χ0v) is 14.7. The van der Waals surface area contributed by atoms with Gasteiger partial charge in [-0.2, -0.15) is 0 Å². The van der Waals surface area contributed by atoms with Crippen LogP contribution in [0.3, 0.4) is 0 Å². The summed E-state index contributed by atoms with van der Waals surface area (Å²) in [6.07, 6.45) is 4.70. The van der Waals surface area contributed by atoms with E-state index in [1.165, 1.54) is 29.8 Å². The highest BCUT2D eigenvalue weighted by Gasteiger charge is 2.22. The molecule has 2 rings (SSSR count). The zero-order valence-electron chi connectivity index (χ0n) is 13.9. The summed E-state index contributed by atoms with van der Waals surface area (Å²) in [5.74, 6) is 0.886. The molecule has 5 heteroatoms. The van der Waals surface area contributed by atoms with E-state index in [-0.39, 0.29) is 0 Å². The van der Waals surface area contributed by atoms with Gasteiger partial charge in [0.25, 0.3) is 0 Å². The van der Waals surface area contributed by atoms with Crippen LogP contribution in [0.2, 0.25) is 0 Å². The number of aliphatic imine (C=N–C) groups is 1. The number of guanidine groups is 1. The smallest absolute Gasteiger partial charge is 0.191 e. The molecule has 1 fully saturated rings. The van der Waals surface area contributed by atoms with Crippen LogP contribution in [0.4, 0.5) is 0 Å². The average molecular weight is 321 g/mol. The Morgan fingerprint density at radius 1 is 1.32 bits per heavy atom. The van der Waals surface area contributed by atoms with Gasteiger partial charge in [0.15, 0.2) is 5.96 Å². The molecule has 1 aliphatic heterocycles. The van der Waals surface area contributed by atoms with Crippen molar-refractivity contribution in [2.75, 3.05) is 32.9 Å². The molecule has 1 aliphatic rings. The molecule has 1 unspecified atom stereocenters. The fourth-order valence-electron chi connectivity index (χ4n) is 2.91. The highest BCUT2D eigenvalue weighted by Crippen LogP contribution is 2.16. The molecule has 0 spiro atoms. The molecule has 1 heterocycles. The van der Waals surface area contributed by atoms with Crippen molar-refractivity contribution in [2.24, 2.45) is 4.99 Å². The Kier molecular flexibility index (Phi) is 7.06. The summed E-state index contributed by atoms with van der Waals surface area (Å²) in [7, 11) is 1.83. The van der Waals surface area contributed by atoms with Crippen LogP contribution in [-0.4, -0.2) is 49.8 Å². The van der Waals surface area contributed by atoms with Gasteiger partial charge in [0.2, 0.25) is 0 Å². The summed E-state index contributed by atoms with van der Waals surface area (Å²) in [5.41, 5.74) is 1.27. The SMILES string of the molecule is CCN1CCCC1CNC(=NC)NCc1ccc(SC)cc1. The lowest BCUT2D eigenvalue weighted by molar-refractivity contribution is 0.267. The number of hydrogen-bond donors (Lipinski definition) is 2. The first kappa shape index (κ1) is 17.2. The molecule has 4 nitrogen and oxygen atoms in total. The van der Waals surface area contributed by atoms with Gasteiger partial charge in [0, 0.05) is 31.1 Å². The van der Waals surface area contributed by atoms with Crippen molar-refractivity contribution in [1.29, 1.82) is 0 Å². The number of nitrogens with zero attached hydrogens (tertiary/aromatic N) is 2. The van der Waals surface area contributed by atoms with Crippen molar-refractivity contribution in [3.05, 3.63) is 29.8 Å². The van der Waals surface area contributed by atoms with Crippen LogP contribution < -0.4 is 10.6 Å². The Labute approximate surface area is 138 Å². The van der Waals surface area contributed by atoms with Gasteiger partial charge in [-0.3, -0.25) is 9.89 Å². The Morgan fingerprint density at radius 2 is 2.09 bits per heavy atom. The van der Waals surface area contributed by atoms with Crippen LogP contribution in [0.5, 0.6) is 0 Å². The third-order valence-electron chi connectivity index (χ3n) is 4.25. The van der Waals surface area contributed by atoms with E-state index >= 15 is 0 Å². The molecule has 2 N–H and O–H groups in total. The van der Waals surface area contributed by atoms with Gasteiger partial charge in [0.1, 0.15) is 0 Å². The van der Waals surface area contributed by atoms with E-state index in [4.69, 9.17) is 0 Å². The van der Waals surface area contributed by atoms with Crippen molar-refractivity contribution in [1.82, 2.24) is 15.5 Å². The molecule has 0 bridgehead atoms. The monoisotopic (exact) mass is 320 g/mol. The minimum absolute atomic E-state index is 0.643. The predicted octanol–water partition coefficient (Wildman–Crippen LogP) is 2.56. The largest absolute Gasteiger partial charge is 0.355 e. The number of hydrogen-bond acceptors (Lipinski definition) is 3. The number of thioether (sulfide) groups is 1. The van der Waals surface area contributed by atoms with Gasteiger partial charge in [-0.05, 0) is 49.9 Å². The predicted molar refractivity (Wildman–Crippen MR) is 96.7 cm³/mol. The normalized spacial score (nSPS) is 19.4. The summed E-state index contributed by atoms with van der Waals surface area (Å²) < 4.78 is 0. The first-order valence-corrected chi connectivity index (χ1v) is 9.30. The lowest BCUT2D eigenvalue weighted by Crippen LogP contribution is -2.44. The molecule has 0 radical (unpaired) electrons. The highest BCUT2D eigenvalue weighted by molar-refractivity contribution is 7.98. The van der Waals surface area contributed by atoms with E-state index in [1.54, 1.807) is 11.8 Å². The molecule has 1 aromatic carbocycles. The standard InChI is InChI=1S/C17H28N4S/c1-4-21-11-5-6-15(21)13-20-17(18-2)19-12-14-7-9-16(22-3)10-8-14/h7-10,15H,4-6,11-13H2,1-3H3,(H2,18,19,20). The van der Waals surface area contributed by atoms with E-state index in [2.05, 4.69) is 58.0 Å². The number of benzene rings is 1. The van der Waals surface area contributed by atoms with Crippen LogP contribution in [0.25, 0.3) is 0 Å². The molecule has 22 heavy (non-hydrogen) atoms. The van der Waals surface area contributed by atoms with E-state index < -0.39 is 0 Å². The lowest BCUT2D eigenvalue weighted by Gasteiger charge is -2.24. The lowest BCUT2D eigenvalue weighted by atomic mass is 10.2. The van der Waals surface area contributed by atoms with Crippen LogP contribution in [0, 0.1) is 0 Å². The molecule has 122 valence electrons. The molecule has 1 saturated heterocycles. The molecule has 0 aromatic heterocycles. The van der Waals surface area contributed by atoms with Crippen molar-refractivity contribution in [2.45, 2.75) is 37.2 Å². The molecule has 0 aliphatic carbocycles. The molecular weight excluding hydrogens is 292 g/mol. The van der Waals surface area contributed by atoms with Crippen molar-refractivity contribution < 1.29 is 0 Å². The molecule has 1 aromatic rings. The van der Waals surface area contributed by atoms with E-state index in [0.29, 0.717) is 6.04 Å². The number of likely N-dealkylation sites (tertiary alicyclic amines) is 1. The maximum Gasteiger partial charge on any atom is 0.191 e. The zero-order chi connectivity index (χ0) is 15.8. The van der Waals surface area contributed by atoms with Gasteiger partial charge in [-0.1, -0.05) is 19.1 Å². The van der Waals surface area contributed by atoms with E-state index in [1.807, 2.05) is 7.05 Å². The van der Waals surface area contributed by atoms with Gasteiger partial charge < -0.3 is 10.6 Å². The van der Waals surface area contributed by atoms with Crippen LogP contribution in [0.1, 0.15) is 25.3 Å². The fourth-order valence-corrected chi connectivity index (χ4v) is 3.32. The van der Waals surface area contributed by atoms with E-state index in [0.717, 1.165) is 25.6 Å². The summed E-state index contributed by atoms with van der Waals surface area (Å²) >= 11 is 1.77. The second-order valence-electron chi connectivity index (χ2n) is 5.58. The second kappa shape index (κ2) is 9.06.